The van der Waals surface area contributed by atoms with Gasteiger partial charge in [0, 0.05) is 30.2 Å². The second kappa shape index (κ2) is 7.62. The van der Waals surface area contributed by atoms with E-state index in [0.717, 1.165) is 43.9 Å². The van der Waals surface area contributed by atoms with Crippen LogP contribution in [0.25, 0.3) is 11.3 Å². The Morgan fingerprint density at radius 2 is 2.11 bits per heavy atom. The van der Waals surface area contributed by atoms with Gasteiger partial charge in [-0.15, -0.1) is 10.2 Å². The van der Waals surface area contributed by atoms with Crippen molar-refractivity contribution < 1.29 is 9.84 Å². The smallest absolute Gasteiger partial charge is 0.151 e. The number of anilines is 1. The highest BCUT2D eigenvalue weighted by atomic mass is 35.5. The van der Waals surface area contributed by atoms with Crippen molar-refractivity contribution in [1.29, 1.82) is 0 Å². The predicted octanol–water partition coefficient (Wildman–Crippen LogP) is 2.97. The number of phenols is 1. The topological polar surface area (TPSA) is 61.7 Å². The van der Waals surface area contributed by atoms with Gasteiger partial charge < -0.3 is 19.6 Å². The van der Waals surface area contributed by atoms with Crippen molar-refractivity contribution in [3.8, 4) is 17.0 Å². The summed E-state index contributed by atoms with van der Waals surface area (Å²) in [6, 6.07) is 7.65. The highest BCUT2D eigenvalue weighted by Crippen LogP contribution is 2.35. The van der Waals surface area contributed by atoms with Crippen molar-refractivity contribution >= 4 is 17.4 Å². The molecular weight excluding hydrogens is 364 g/mol. The normalized spacial score (nSPS) is 23.3. The number of rotatable bonds is 3. The summed E-state index contributed by atoms with van der Waals surface area (Å²) in [6.45, 7) is 5.59. The number of phenolic OH excluding ortho intramolecular Hbond substituents is 1. The van der Waals surface area contributed by atoms with E-state index < -0.39 is 0 Å². The molecule has 144 valence electrons. The Balaban J connectivity index is 1.63. The molecule has 0 spiro atoms. The molecule has 2 fully saturated rings. The van der Waals surface area contributed by atoms with Gasteiger partial charge in [0.15, 0.2) is 5.82 Å². The van der Waals surface area contributed by atoms with Gasteiger partial charge >= 0.3 is 0 Å². The molecule has 2 atom stereocenters. The Morgan fingerprint density at radius 1 is 1.26 bits per heavy atom. The lowest BCUT2D eigenvalue weighted by Crippen LogP contribution is -2.59. The lowest BCUT2D eigenvalue weighted by atomic mass is 9.99. The van der Waals surface area contributed by atoms with E-state index >= 15 is 0 Å². The highest BCUT2D eigenvalue weighted by molar-refractivity contribution is 6.31. The van der Waals surface area contributed by atoms with Crippen molar-refractivity contribution in [2.45, 2.75) is 31.9 Å². The maximum Gasteiger partial charge on any atom is 0.151 e. The Hall–Kier alpha value is -1.89. The Labute approximate surface area is 164 Å². The number of likely N-dealkylation sites (N-methyl/N-ethyl adjacent to an activating group) is 1. The minimum Gasteiger partial charge on any atom is -0.507 e. The quantitative estimate of drug-likeness (QED) is 0.872. The standard InChI is InChI=1S/C20H25ClN4O2/c1-3-13-10-14(21)11-17(26)20(13)15-4-5-19(23-22-15)25-8-9-27-18-6-7-24(2)12-16(18)25/h4-5,10-11,16,18,26H,3,6-9,12H2,1-2H3/t16-,18+/m0/s1. The molecule has 1 N–H and O–H groups in total. The molecule has 0 aliphatic carbocycles. The first-order chi connectivity index (χ1) is 13.1. The van der Waals surface area contributed by atoms with Crippen molar-refractivity contribution in [3.05, 3.63) is 34.9 Å². The van der Waals surface area contributed by atoms with Gasteiger partial charge in [0.05, 0.1) is 24.4 Å². The molecule has 7 heteroatoms. The number of hydrogen-bond donors (Lipinski definition) is 1. The number of hydrogen-bond acceptors (Lipinski definition) is 6. The van der Waals surface area contributed by atoms with Gasteiger partial charge in [0.2, 0.25) is 0 Å². The van der Waals surface area contributed by atoms with Crippen LogP contribution in [-0.2, 0) is 11.2 Å². The number of aryl methyl sites for hydroxylation is 1. The number of likely N-dealkylation sites (tertiary alicyclic amines) is 1. The van der Waals surface area contributed by atoms with Crippen LogP contribution in [0.4, 0.5) is 5.82 Å². The van der Waals surface area contributed by atoms with Gasteiger partial charge in [-0.3, -0.25) is 0 Å². The summed E-state index contributed by atoms with van der Waals surface area (Å²) in [4.78, 5) is 4.65. The first-order valence-corrected chi connectivity index (χ1v) is 9.87. The first-order valence-electron chi connectivity index (χ1n) is 9.49. The number of halogens is 1. The summed E-state index contributed by atoms with van der Waals surface area (Å²) in [7, 11) is 2.15. The number of ether oxygens (including phenoxy) is 1. The minimum absolute atomic E-state index is 0.141. The van der Waals surface area contributed by atoms with Gasteiger partial charge in [0.25, 0.3) is 0 Å². The van der Waals surface area contributed by atoms with Crippen molar-refractivity contribution in [2.24, 2.45) is 0 Å². The largest absolute Gasteiger partial charge is 0.507 e. The molecule has 6 nitrogen and oxygen atoms in total. The summed E-state index contributed by atoms with van der Waals surface area (Å²) in [5, 5.41) is 19.8. The monoisotopic (exact) mass is 388 g/mol. The fourth-order valence-corrected chi connectivity index (χ4v) is 4.38. The van der Waals surface area contributed by atoms with Gasteiger partial charge in [-0.1, -0.05) is 18.5 Å². The van der Waals surface area contributed by atoms with E-state index in [2.05, 4.69) is 27.0 Å². The number of benzene rings is 1. The molecule has 2 aliphatic heterocycles. The zero-order chi connectivity index (χ0) is 19.0. The summed E-state index contributed by atoms with van der Waals surface area (Å²) in [5.41, 5.74) is 2.33. The second-order valence-electron chi connectivity index (χ2n) is 7.31. The van der Waals surface area contributed by atoms with E-state index in [0.29, 0.717) is 28.9 Å². The van der Waals surface area contributed by atoms with Crippen LogP contribution in [0.2, 0.25) is 5.02 Å². The summed E-state index contributed by atoms with van der Waals surface area (Å²) < 4.78 is 5.97. The number of morpholine rings is 1. The van der Waals surface area contributed by atoms with Crippen LogP contribution < -0.4 is 4.90 Å². The number of fused-ring (bicyclic) bond motifs is 1. The maximum atomic E-state index is 10.4. The first kappa shape index (κ1) is 18.5. The van der Waals surface area contributed by atoms with Crippen LogP contribution >= 0.6 is 11.6 Å². The fourth-order valence-electron chi connectivity index (χ4n) is 4.15. The molecule has 2 saturated heterocycles. The molecule has 1 aromatic carbocycles. The second-order valence-corrected chi connectivity index (χ2v) is 7.75. The number of aromatic hydroxyl groups is 1. The molecule has 0 saturated carbocycles. The van der Waals surface area contributed by atoms with Crippen LogP contribution in [0.3, 0.4) is 0 Å². The van der Waals surface area contributed by atoms with Crippen LogP contribution in [0, 0.1) is 0 Å². The van der Waals surface area contributed by atoms with Crippen LogP contribution in [-0.4, -0.2) is 65.6 Å². The van der Waals surface area contributed by atoms with Crippen LogP contribution in [0.5, 0.6) is 5.75 Å². The maximum absolute atomic E-state index is 10.4. The van der Waals surface area contributed by atoms with E-state index in [1.165, 1.54) is 0 Å². The number of piperidine rings is 1. The van der Waals surface area contributed by atoms with Crippen molar-refractivity contribution in [1.82, 2.24) is 15.1 Å². The third-order valence-corrected chi connectivity index (χ3v) is 5.75. The van der Waals surface area contributed by atoms with E-state index in [1.807, 2.05) is 25.1 Å². The number of aromatic nitrogens is 2. The summed E-state index contributed by atoms with van der Waals surface area (Å²) in [5.74, 6) is 1.00. The van der Waals surface area contributed by atoms with Crippen molar-refractivity contribution in [3.63, 3.8) is 0 Å². The van der Waals surface area contributed by atoms with E-state index in [-0.39, 0.29) is 11.9 Å². The van der Waals surface area contributed by atoms with Gasteiger partial charge in [0.1, 0.15) is 5.75 Å². The van der Waals surface area contributed by atoms with E-state index in [4.69, 9.17) is 16.3 Å². The molecule has 0 radical (unpaired) electrons. The Kier molecular flexibility index (Phi) is 5.21. The average Bonchev–Trinajstić information content (AvgIpc) is 2.67. The van der Waals surface area contributed by atoms with Crippen LogP contribution in [0.1, 0.15) is 18.9 Å². The van der Waals surface area contributed by atoms with Gasteiger partial charge in [-0.05, 0) is 49.7 Å². The summed E-state index contributed by atoms with van der Waals surface area (Å²) in [6.07, 6.45) is 2.05. The van der Waals surface area contributed by atoms with E-state index in [1.54, 1.807) is 6.07 Å². The number of nitrogens with zero attached hydrogens (tertiary/aromatic N) is 4. The Bertz CT molecular complexity index is 814. The zero-order valence-corrected chi connectivity index (χ0v) is 16.5. The predicted molar refractivity (Wildman–Crippen MR) is 107 cm³/mol. The van der Waals surface area contributed by atoms with Gasteiger partial charge in [-0.2, -0.15) is 0 Å². The van der Waals surface area contributed by atoms with Crippen LogP contribution in [0.15, 0.2) is 24.3 Å². The lowest BCUT2D eigenvalue weighted by Gasteiger charge is -2.46. The minimum atomic E-state index is 0.141. The molecule has 4 rings (SSSR count). The Morgan fingerprint density at radius 3 is 2.85 bits per heavy atom. The highest BCUT2D eigenvalue weighted by Gasteiger charge is 2.36. The summed E-state index contributed by atoms with van der Waals surface area (Å²) >= 11 is 6.07. The lowest BCUT2D eigenvalue weighted by molar-refractivity contribution is -0.0246. The SMILES string of the molecule is CCc1cc(Cl)cc(O)c1-c1ccc(N2CCO[C@@H]3CCN(C)C[C@@H]32)nn1. The molecule has 2 aliphatic rings. The molecule has 1 aromatic heterocycles. The third kappa shape index (κ3) is 3.61. The van der Waals surface area contributed by atoms with Crippen molar-refractivity contribution in [2.75, 3.05) is 38.2 Å². The fraction of sp³-hybridized carbons (Fsp3) is 0.500. The average molecular weight is 389 g/mol. The van der Waals surface area contributed by atoms with Gasteiger partial charge in [-0.25, -0.2) is 0 Å². The molecule has 2 aromatic rings. The molecule has 0 bridgehead atoms. The molecule has 0 amide bonds. The molecule has 27 heavy (non-hydrogen) atoms. The zero-order valence-electron chi connectivity index (χ0n) is 15.7. The molecule has 0 unspecified atom stereocenters. The third-order valence-electron chi connectivity index (χ3n) is 5.53. The molecular formula is C20H25ClN4O2. The van der Waals surface area contributed by atoms with E-state index in [9.17, 15) is 5.11 Å². The molecule has 3 heterocycles.